The van der Waals surface area contributed by atoms with Gasteiger partial charge in [0.1, 0.15) is 0 Å². The van der Waals surface area contributed by atoms with Crippen LogP contribution in [-0.4, -0.2) is 61.4 Å². The number of likely N-dealkylation sites (tertiary alicyclic amines) is 1. The summed E-state index contributed by atoms with van der Waals surface area (Å²) < 4.78 is 5.18. The Hall–Kier alpha value is -0.650. The number of rotatable bonds is 6. The Labute approximate surface area is 121 Å². The Kier molecular flexibility index (Phi) is 5.81. The lowest BCUT2D eigenvalue weighted by molar-refractivity contribution is -0.136. The van der Waals surface area contributed by atoms with Gasteiger partial charge in [-0.1, -0.05) is 12.8 Å². The van der Waals surface area contributed by atoms with Gasteiger partial charge in [-0.25, -0.2) is 0 Å². The summed E-state index contributed by atoms with van der Waals surface area (Å²) in [6.45, 7) is 5.97. The van der Waals surface area contributed by atoms with Gasteiger partial charge in [0.25, 0.3) is 0 Å². The second-order valence-electron chi connectivity index (χ2n) is 6.43. The van der Waals surface area contributed by atoms with Crippen molar-refractivity contribution in [3.63, 3.8) is 0 Å². The third kappa shape index (κ3) is 4.17. The van der Waals surface area contributed by atoms with Crippen molar-refractivity contribution in [2.75, 3.05) is 39.5 Å². The normalized spacial score (nSPS) is 23.8. The molecule has 2 aliphatic heterocycles. The van der Waals surface area contributed by atoms with E-state index in [0.717, 1.165) is 32.5 Å². The highest BCUT2D eigenvalue weighted by Gasteiger charge is 2.38. The van der Waals surface area contributed by atoms with Gasteiger partial charge in [-0.05, 0) is 19.8 Å². The second kappa shape index (κ2) is 7.38. The maximum absolute atomic E-state index is 12.3. The maximum atomic E-state index is 12.3. The van der Waals surface area contributed by atoms with Crippen molar-refractivity contribution in [3.05, 3.63) is 0 Å². The van der Waals surface area contributed by atoms with E-state index in [1.807, 2.05) is 11.8 Å². The lowest BCUT2D eigenvalue weighted by Gasteiger charge is -2.40. The molecule has 1 amide bonds. The first-order valence-electron chi connectivity index (χ1n) is 7.85. The van der Waals surface area contributed by atoms with Gasteiger partial charge in [0.05, 0.1) is 25.2 Å². The molecule has 1 atom stereocenters. The first-order valence-corrected chi connectivity index (χ1v) is 7.85. The lowest BCUT2D eigenvalue weighted by Crippen LogP contribution is -2.54. The SMILES string of the molecule is CC(CC(=O)N1CCCCCC1)NCC1(CO)COC1. The molecule has 0 aliphatic carbocycles. The summed E-state index contributed by atoms with van der Waals surface area (Å²) in [7, 11) is 0. The number of ether oxygens (including phenoxy) is 1. The van der Waals surface area contributed by atoms with Gasteiger partial charge in [-0.15, -0.1) is 0 Å². The highest BCUT2D eigenvalue weighted by Crippen LogP contribution is 2.25. The zero-order valence-corrected chi connectivity index (χ0v) is 12.6. The minimum Gasteiger partial charge on any atom is -0.396 e. The van der Waals surface area contributed by atoms with Gasteiger partial charge in [0.15, 0.2) is 0 Å². The topological polar surface area (TPSA) is 61.8 Å². The number of amides is 1. The Morgan fingerprint density at radius 1 is 1.30 bits per heavy atom. The average Bonchev–Trinajstić information content (AvgIpc) is 2.66. The third-order valence-electron chi connectivity index (χ3n) is 4.42. The summed E-state index contributed by atoms with van der Waals surface area (Å²) in [6.07, 6.45) is 5.31. The summed E-state index contributed by atoms with van der Waals surface area (Å²) in [5.41, 5.74) is -0.125. The maximum Gasteiger partial charge on any atom is 0.224 e. The second-order valence-corrected chi connectivity index (χ2v) is 6.43. The van der Waals surface area contributed by atoms with E-state index in [1.54, 1.807) is 0 Å². The van der Waals surface area contributed by atoms with Crippen LogP contribution >= 0.6 is 0 Å². The minimum atomic E-state index is -0.125. The van der Waals surface area contributed by atoms with Gasteiger partial charge in [0.2, 0.25) is 5.91 Å². The number of aliphatic hydroxyl groups is 1. The van der Waals surface area contributed by atoms with Crippen molar-refractivity contribution >= 4 is 5.91 Å². The van der Waals surface area contributed by atoms with Crippen molar-refractivity contribution in [1.29, 1.82) is 0 Å². The Balaban J connectivity index is 1.70. The fraction of sp³-hybridized carbons (Fsp3) is 0.933. The predicted octanol–water partition coefficient (Wildman–Crippen LogP) is 0.766. The van der Waals surface area contributed by atoms with Gasteiger partial charge >= 0.3 is 0 Å². The number of hydrogen-bond acceptors (Lipinski definition) is 4. The van der Waals surface area contributed by atoms with Crippen molar-refractivity contribution in [2.45, 2.75) is 45.1 Å². The molecule has 2 heterocycles. The highest BCUT2D eigenvalue weighted by atomic mass is 16.5. The molecule has 0 radical (unpaired) electrons. The molecule has 5 heteroatoms. The van der Waals surface area contributed by atoms with Crippen molar-refractivity contribution < 1.29 is 14.6 Å². The van der Waals surface area contributed by atoms with E-state index in [4.69, 9.17) is 4.74 Å². The molecular weight excluding hydrogens is 256 g/mol. The Bertz CT molecular complexity index is 305. The predicted molar refractivity (Wildman–Crippen MR) is 77.5 cm³/mol. The summed E-state index contributed by atoms with van der Waals surface area (Å²) in [5.74, 6) is 0.259. The number of carbonyl (C=O) groups excluding carboxylic acids is 1. The number of nitrogens with zero attached hydrogens (tertiary/aromatic N) is 1. The van der Waals surface area contributed by atoms with Crippen LogP contribution in [0.25, 0.3) is 0 Å². The fourth-order valence-corrected chi connectivity index (χ4v) is 2.81. The third-order valence-corrected chi connectivity index (χ3v) is 4.42. The molecule has 5 nitrogen and oxygen atoms in total. The molecule has 0 aromatic heterocycles. The number of nitrogens with one attached hydrogen (secondary N) is 1. The van der Waals surface area contributed by atoms with Crippen LogP contribution in [0.2, 0.25) is 0 Å². The number of hydrogen-bond donors (Lipinski definition) is 2. The molecular formula is C15H28N2O3. The van der Waals surface area contributed by atoms with E-state index in [2.05, 4.69) is 5.32 Å². The first-order chi connectivity index (χ1) is 9.65. The fourth-order valence-electron chi connectivity index (χ4n) is 2.81. The van der Waals surface area contributed by atoms with Crippen LogP contribution < -0.4 is 5.32 Å². The molecule has 0 bridgehead atoms. The van der Waals surface area contributed by atoms with Crippen LogP contribution in [0, 0.1) is 5.41 Å². The van der Waals surface area contributed by atoms with Crippen LogP contribution in [-0.2, 0) is 9.53 Å². The zero-order valence-electron chi connectivity index (χ0n) is 12.6. The quantitative estimate of drug-likeness (QED) is 0.756. The van der Waals surface area contributed by atoms with E-state index >= 15 is 0 Å². The first kappa shape index (κ1) is 15.7. The van der Waals surface area contributed by atoms with Gasteiger partial charge in [0, 0.05) is 32.1 Å². The van der Waals surface area contributed by atoms with Gasteiger partial charge < -0.3 is 20.1 Å². The molecule has 2 rings (SSSR count). The monoisotopic (exact) mass is 284 g/mol. The molecule has 2 saturated heterocycles. The summed E-state index contributed by atoms with van der Waals surface area (Å²) >= 11 is 0. The van der Waals surface area contributed by atoms with Gasteiger partial charge in [-0.2, -0.15) is 0 Å². The summed E-state index contributed by atoms with van der Waals surface area (Å²) in [4.78, 5) is 14.3. The smallest absolute Gasteiger partial charge is 0.224 e. The van der Waals surface area contributed by atoms with E-state index in [0.29, 0.717) is 19.6 Å². The minimum absolute atomic E-state index is 0.125. The van der Waals surface area contributed by atoms with Crippen molar-refractivity contribution in [1.82, 2.24) is 10.2 Å². The molecule has 116 valence electrons. The molecule has 20 heavy (non-hydrogen) atoms. The Morgan fingerprint density at radius 3 is 2.45 bits per heavy atom. The number of carbonyl (C=O) groups is 1. The van der Waals surface area contributed by atoms with Crippen LogP contribution in [0.4, 0.5) is 0 Å². The van der Waals surface area contributed by atoms with Gasteiger partial charge in [-0.3, -0.25) is 4.79 Å². The zero-order chi connectivity index (χ0) is 14.4. The summed E-state index contributed by atoms with van der Waals surface area (Å²) in [6, 6.07) is 0.148. The van der Waals surface area contributed by atoms with Crippen LogP contribution in [0.1, 0.15) is 39.0 Å². The average molecular weight is 284 g/mol. The highest BCUT2D eigenvalue weighted by molar-refractivity contribution is 5.76. The molecule has 2 aliphatic rings. The van der Waals surface area contributed by atoms with E-state index in [9.17, 15) is 9.90 Å². The van der Waals surface area contributed by atoms with Crippen LogP contribution in [0.5, 0.6) is 0 Å². The molecule has 1 unspecified atom stereocenters. The largest absolute Gasteiger partial charge is 0.396 e. The van der Waals surface area contributed by atoms with E-state index in [-0.39, 0.29) is 24.0 Å². The Morgan fingerprint density at radius 2 is 1.95 bits per heavy atom. The molecule has 0 saturated carbocycles. The van der Waals surface area contributed by atoms with E-state index in [1.165, 1.54) is 12.8 Å². The molecule has 0 aromatic rings. The molecule has 2 fully saturated rings. The van der Waals surface area contributed by atoms with Crippen molar-refractivity contribution in [2.24, 2.45) is 5.41 Å². The summed E-state index contributed by atoms with van der Waals surface area (Å²) in [5, 5.41) is 12.7. The standard InChI is InChI=1S/C15H28N2O3/c1-13(16-9-15(10-18)11-20-12-15)8-14(19)17-6-4-2-3-5-7-17/h13,16,18H,2-12H2,1H3. The molecule has 2 N–H and O–H groups in total. The van der Waals surface area contributed by atoms with Crippen LogP contribution in [0.15, 0.2) is 0 Å². The van der Waals surface area contributed by atoms with Crippen LogP contribution in [0.3, 0.4) is 0 Å². The van der Waals surface area contributed by atoms with Crippen molar-refractivity contribution in [3.8, 4) is 0 Å². The lowest BCUT2D eigenvalue weighted by atomic mass is 9.87. The number of aliphatic hydroxyl groups excluding tert-OH is 1. The van der Waals surface area contributed by atoms with E-state index < -0.39 is 0 Å². The molecule has 0 spiro atoms. The molecule has 0 aromatic carbocycles.